The van der Waals surface area contributed by atoms with Gasteiger partial charge in [-0.25, -0.2) is 0 Å². The highest BCUT2D eigenvalue weighted by Crippen LogP contribution is 2.56. The second-order valence-electron chi connectivity index (χ2n) is 13.5. The normalized spacial score (nSPS) is 21.3. The van der Waals surface area contributed by atoms with E-state index in [0.717, 1.165) is 121 Å². The number of nitrogens with one attached hydrogen (secondary N) is 1. The quantitative estimate of drug-likeness (QED) is 0.244. The van der Waals surface area contributed by atoms with Crippen LogP contribution in [0.3, 0.4) is 0 Å². The van der Waals surface area contributed by atoms with Gasteiger partial charge in [-0.2, -0.15) is 11.8 Å². The highest BCUT2D eigenvalue weighted by Gasteiger charge is 2.38. The number of fused-ring (bicyclic) bond motifs is 2. The highest BCUT2D eigenvalue weighted by molar-refractivity contribution is 7.99. The molecule has 248 valence electrons. The van der Waals surface area contributed by atoms with Gasteiger partial charge in [0, 0.05) is 93.9 Å². The first kappa shape index (κ1) is 30.2. The molecule has 4 fully saturated rings. The monoisotopic (exact) mass is 670 g/mol. The number of morpholine rings is 1. The number of thiophene rings is 1. The number of hydrogen-bond donors (Lipinski definition) is 1. The van der Waals surface area contributed by atoms with Crippen molar-refractivity contribution >= 4 is 72.6 Å². The first-order valence-electron chi connectivity index (χ1n) is 17.9. The Morgan fingerprint density at radius 3 is 2.23 bits per heavy atom. The topological polar surface area (TPSA) is 59.7 Å². The molecule has 7 heterocycles. The average Bonchev–Trinajstić information content (AvgIpc) is 3.91. The summed E-state index contributed by atoms with van der Waals surface area (Å²) >= 11 is 3.94. The minimum atomic E-state index is 0.757. The van der Waals surface area contributed by atoms with Gasteiger partial charge in [-0.05, 0) is 49.6 Å². The Morgan fingerprint density at radius 1 is 0.723 bits per heavy atom. The number of nitrogens with zero attached hydrogens (tertiary/aromatic N) is 5. The van der Waals surface area contributed by atoms with Crippen molar-refractivity contribution in [1.29, 1.82) is 0 Å². The number of benzene rings is 2. The first-order valence-corrected chi connectivity index (χ1v) is 19.9. The molecule has 8 nitrogen and oxygen atoms in total. The zero-order valence-electron chi connectivity index (χ0n) is 27.4. The van der Waals surface area contributed by atoms with E-state index in [1.54, 1.807) is 0 Å². The average molecular weight is 671 g/mol. The molecule has 0 bridgehead atoms. The van der Waals surface area contributed by atoms with Crippen molar-refractivity contribution in [2.75, 3.05) is 116 Å². The molecule has 4 saturated heterocycles. The van der Waals surface area contributed by atoms with E-state index in [4.69, 9.17) is 14.1 Å². The molecule has 2 aromatic carbocycles. The van der Waals surface area contributed by atoms with Crippen molar-refractivity contribution in [1.82, 2.24) is 5.32 Å². The maximum absolute atomic E-state index is 7.48. The molecule has 4 aromatic rings. The number of aliphatic imine (C=N–C) groups is 1. The summed E-state index contributed by atoms with van der Waals surface area (Å²) in [7, 11) is 0. The molecule has 47 heavy (non-hydrogen) atoms. The molecule has 1 N–H and O–H groups in total. The third-order valence-electron chi connectivity index (χ3n) is 10.6. The Bertz CT molecular complexity index is 1740. The molecule has 0 unspecified atom stereocenters. The summed E-state index contributed by atoms with van der Waals surface area (Å²) in [6.07, 6.45) is 5.91. The lowest BCUT2D eigenvalue weighted by atomic mass is 9.94. The standard InChI is InChI=1S/C37H46N6O2S2/c1-4-13-40(14-5-1)32-30(27-8-6-10-39-27)37-31(33(42-17-21-44-22-18-42)35(32)41-15-11-38-12-16-41)34(43-19-23-46-24-20-43)36(45-37)29-25-26-7-2-3-9-28(26)47-29/h2-3,7,9,25,38H,1,4-6,8,10-24H2. The Hall–Kier alpha value is -2.92. The number of hydrogen-bond acceptors (Lipinski definition) is 10. The van der Waals surface area contributed by atoms with Gasteiger partial charge in [-0.3, -0.25) is 4.99 Å². The molecule has 0 saturated carbocycles. The number of anilines is 4. The number of piperazine rings is 1. The van der Waals surface area contributed by atoms with E-state index in [1.807, 2.05) is 11.3 Å². The van der Waals surface area contributed by atoms with Gasteiger partial charge in [0.2, 0.25) is 0 Å². The van der Waals surface area contributed by atoms with Crippen LogP contribution in [0.1, 0.15) is 37.7 Å². The smallest absolute Gasteiger partial charge is 0.168 e. The molecule has 5 aliphatic rings. The van der Waals surface area contributed by atoms with Crippen LogP contribution in [0.5, 0.6) is 0 Å². The molecular weight excluding hydrogens is 625 g/mol. The van der Waals surface area contributed by atoms with Crippen LogP contribution < -0.4 is 24.9 Å². The minimum Gasteiger partial charge on any atom is -0.452 e. The SMILES string of the molecule is c1ccc2sc(-c3oc4c(C5=NCCC5)c(N5CCCCC5)c(N5CCNCC5)c(N5CCOCC5)c4c3N3CCSCC3)cc2c1. The first-order chi connectivity index (χ1) is 23.3. The third-order valence-corrected chi connectivity index (χ3v) is 12.7. The van der Waals surface area contributed by atoms with E-state index in [0.29, 0.717) is 0 Å². The lowest BCUT2D eigenvalue weighted by Crippen LogP contribution is -2.46. The molecule has 9 rings (SSSR count). The summed E-state index contributed by atoms with van der Waals surface area (Å²) in [5.41, 5.74) is 9.07. The molecule has 2 aromatic heterocycles. The lowest BCUT2D eigenvalue weighted by molar-refractivity contribution is 0.123. The van der Waals surface area contributed by atoms with Crippen LogP contribution in [0.25, 0.3) is 31.7 Å². The Kier molecular flexibility index (Phi) is 8.46. The number of piperidine rings is 1. The summed E-state index contributed by atoms with van der Waals surface area (Å²) in [4.78, 5) is 17.2. The van der Waals surface area contributed by atoms with E-state index in [2.05, 4.69) is 67.0 Å². The maximum Gasteiger partial charge on any atom is 0.168 e. The second kappa shape index (κ2) is 13.2. The van der Waals surface area contributed by atoms with E-state index in [9.17, 15) is 0 Å². The number of furan rings is 1. The van der Waals surface area contributed by atoms with Crippen LogP contribution in [0.4, 0.5) is 22.7 Å². The zero-order chi connectivity index (χ0) is 31.2. The van der Waals surface area contributed by atoms with Crippen molar-refractivity contribution in [2.45, 2.75) is 32.1 Å². The molecule has 0 radical (unpaired) electrons. The fraction of sp³-hybridized carbons (Fsp3) is 0.541. The Balaban J connectivity index is 1.42. The van der Waals surface area contributed by atoms with Crippen LogP contribution in [0.15, 0.2) is 39.7 Å². The van der Waals surface area contributed by atoms with Crippen LogP contribution in [0, 0.1) is 0 Å². The molecule has 0 spiro atoms. The van der Waals surface area contributed by atoms with E-state index < -0.39 is 0 Å². The molecular formula is C37H46N6O2S2. The number of ether oxygens (including phenoxy) is 1. The van der Waals surface area contributed by atoms with Crippen LogP contribution in [-0.2, 0) is 4.74 Å². The zero-order valence-corrected chi connectivity index (χ0v) is 29.0. The van der Waals surface area contributed by atoms with Gasteiger partial charge in [-0.15, -0.1) is 11.3 Å². The molecule has 0 amide bonds. The van der Waals surface area contributed by atoms with Gasteiger partial charge in [-0.1, -0.05) is 18.2 Å². The predicted molar refractivity (Wildman–Crippen MR) is 201 cm³/mol. The summed E-state index contributed by atoms with van der Waals surface area (Å²) in [5, 5.41) is 6.25. The van der Waals surface area contributed by atoms with Crippen LogP contribution in [-0.4, -0.2) is 102 Å². The van der Waals surface area contributed by atoms with Gasteiger partial charge in [0.1, 0.15) is 5.58 Å². The minimum absolute atomic E-state index is 0.757. The largest absolute Gasteiger partial charge is 0.452 e. The van der Waals surface area contributed by atoms with Crippen LogP contribution in [0.2, 0.25) is 0 Å². The van der Waals surface area contributed by atoms with Crippen molar-refractivity contribution in [3.05, 3.63) is 35.9 Å². The summed E-state index contributed by atoms with van der Waals surface area (Å²) in [5.74, 6) is 3.33. The Labute approximate surface area is 286 Å². The molecule has 5 aliphatic heterocycles. The Morgan fingerprint density at radius 2 is 1.47 bits per heavy atom. The van der Waals surface area contributed by atoms with Gasteiger partial charge in [0.25, 0.3) is 0 Å². The summed E-state index contributed by atoms with van der Waals surface area (Å²) < 4.78 is 14.8. The van der Waals surface area contributed by atoms with E-state index in [1.165, 1.54) is 73.6 Å². The second-order valence-corrected chi connectivity index (χ2v) is 15.8. The maximum atomic E-state index is 7.48. The highest BCUT2D eigenvalue weighted by atomic mass is 32.2. The van der Waals surface area contributed by atoms with Crippen molar-refractivity contribution in [3.63, 3.8) is 0 Å². The summed E-state index contributed by atoms with van der Waals surface area (Å²) in [6.45, 7) is 12.5. The fourth-order valence-electron chi connectivity index (χ4n) is 8.34. The number of rotatable bonds is 6. The van der Waals surface area contributed by atoms with Crippen LogP contribution >= 0.6 is 23.1 Å². The lowest BCUT2D eigenvalue weighted by Gasteiger charge is -2.42. The van der Waals surface area contributed by atoms with Gasteiger partial charge >= 0.3 is 0 Å². The fourth-order valence-corrected chi connectivity index (χ4v) is 10.3. The van der Waals surface area contributed by atoms with Gasteiger partial charge < -0.3 is 34.1 Å². The number of thioether (sulfide) groups is 1. The molecule has 0 aliphatic carbocycles. The van der Waals surface area contributed by atoms with Crippen molar-refractivity contribution in [2.24, 2.45) is 4.99 Å². The van der Waals surface area contributed by atoms with Crippen molar-refractivity contribution < 1.29 is 9.15 Å². The summed E-state index contributed by atoms with van der Waals surface area (Å²) in [6, 6.07) is 11.2. The van der Waals surface area contributed by atoms with Gasteiger partial charge in [0.05, 0.1) is 51.8 Å². The molecule has 0 atom stereocenters. The predicted octanol–water partition coefficient (Wildman–Crippen LogP) is 6.69. The van der Waals surface area contributed by atoms with E-state index in [-0.39, 0.29) is 0 Å². The third kappa shape index (κ3) is 5.49. The van der Waals surface area contributed by atoms with Gasteiger partial charge in [0.15, 0.2) is 5.76 Å². The van der Waals surface area contributed by atoms with Crippen molar-refractivity contribution in [3.8, 4) is 10.6 Å². The van der Waals surface area contributed by atoms with E-state index >= 15 is 0 Å². The molecule has 10 heteroatoms.